The van der Waals surface area contributed by atoms with Crippen LogP contribution in [-0.2, 0) is 26.2 Å². The van der Waals surface area contributed by atoms with Crippen molar-refractivity contribution in [3.05, 3.63) is 59.2 Å². The third-order valence-electron chi connectivity index (χ3n) is 5.45. The number of ether oxygens (including phenoxy) is 1. The second kappa shape index (κ2) is 11.9. The van der Waals surface area contributed by atoms with Gasteiger partial charge in [-0.15, -0.1) is 0 Å². The molecule has 0 aliphatic carbocycles. The van der Waals surface area contributed by atoms with Gasteiger partial charge in [0.1, 0.15) is 18.3 Å². The molecule has 0 aromatic heterocycles. The number of hydrogen-bond acceptors (Lipinski definition) is 5. The zero-order chi connectivity index (χ0) is 25.5. The molecule has 2 aromatic carbocycles. The highest BCUT2D eigenvalue weighted by molar-refractivity contribution is 7.92. The summed E-state index contributed by atoms with van der Waals surface area (Å²) in [5.74, 6) is -0.413. The maximum absolute atomic E-state index is 13.7. The van der Waals surface area contributed by atoms with Crippen LogP contribution in [0.15, 0.2) is 42.5 Å². The molecule has 0 saturated heterocycles. The third kappa shape index (κ3) is 6.96. The summed E-state index contributed by atoms with van der Waals surface area (Å²) in [6.45, 7) is 7.57. The SMILES string of the molecule is CCNC(=O)[C@@H](CC)N(Cc1cccc(C)c1)C(=O)CN(c1cc(C)ccc1OC)S(C)(=O)=O. The summed E-state index contributed by atoms with van der Waals surface area (Å²) in [7, 11) is -2.39. The predicted octanol–water partition coefficient (Wildman–Crippen LogP) is 3.02. The third-order valence-corrected chi connectivity index (χ3v) is 6.58. The summed E-state index contributed by atoms with van der Waals surface area (Å²) in [5.41, 5.74) is 2.98. The molecule has 0 saturated carbocycles. The van der Waals surface area contributed by atoms with Gasteiger partial charge in [0.05, 0.1) is 19.1 Å². The number of amides is 2. The van der Waals surface area contributed by atoms with Gasteiger partial charge < -0.3 is 15.0 Å². The minimum absolute atomic E-state index is 0.179. The molecule has 0 heterocycles. The van der Waals surface area contributed by atoms with Crippen LogP contribution in [0.2, 0.25) is 0 Å². The smallest absolute Gasteiger partial charge is 0.244 e. The number of nitrogens with zero attached hydrogens (tertiary/aromatic N) is 2. The van der Waals surface area contributed by atoms with Crippen molar-refractivity contribution in [3.63, 3.8) is 0 Å². The van der Waals surface area contributed by atoms with Gasteiger partial charge in [-0.1, -0.05) is 42.8 Å². The second-order valence-electron chi connectivity index (χ2n) is 8.27. The van der Waals surface area contributed by atoms with Crippen LogP contribution in [0.4, 0.5) is 5.69 Å². The second-order valence-corrected chi connectivity index (χ2v) is 10.2. The first-order valence-electron chi connectivity index (χ1n) is 11.3. The molecule has 2 amide bonds. The summed E-state index contributed by atoms with van der Waals surface area (Å²) in [6, 6.07) is 12.1. The van der Waals surface area contributed by atoms with E-state index in [1.165, 1.54) is 12.0 Å². The van der Waals surface area contributed by atoms with Gasteiger partial charge in [0.15, 0.2) is 0 Å². The van der Waals surface area contributed by atoms with Gasteiger partial charge >= 0.3 is 0 Å². The summed E-state index contributed by atoms with van der Waals surface area (Å²) in [4.78, 5) is 27.9. The Bertz CT molecular complexity index is 1120. The molecule has 2 aromatic rings. The molecule has 0 unspecified atom stereocenters. The van der Waals surface area contributed by atoms with E-state index in [1.54, 1.807) is 18.2 Å². The standard InChI is InChI=1S/C25H35N3O5S/c1-7-21(25(30)26-8-2)27(16-20-11-9-10-18(3)14-20)24(29)17-28(34(6,31)32)22-15-19(4)12-13-23(22)33-5/h9-15,21H,7-8,16-17H2,1-6H3,(H,26,30)/t21-/m1/s1. The first-order valence-corrected chi connectivity index (χ1v) is 13.1. The number of methoxy groups -OCH3 is 1. The Morgan fingerprint density at radius 3 is 2.29 bits per heavy atom. The van der Waals surface area contributed by atoms with Gasteiger partial charge in [-0.25, -0.2) is 8.42 Å². The number of nitrogens with one attached hydrogen (secondary N) is 1. The highest BCUT2D eigenvalue weighted by atomic mass is 32.2. The average Bonchev–Trinajstić information content (AvgIpc) is 2.76. The van der Waals surface area contributed by atoms with Gasteiger partial charge in [-0.2, -0.15) is 0 Å². The van der Waals surface area contributed by atoms with Crippen LogP contribution in [0.5, 0.6) is 5.75 Å². The Labute approximate surface area is 202 Å². The van der Waals surface area contributed by atoms with Crippen LogP contribution in [0.1, 0.15) is 37.0 Å². The van der Waals surface area contributed by atoms with Gasteiger partial charge in [0.25, 0.3) is 0 Å². The molecule has 0 aliphatic heterocycles. The lowest BCUT2D eigenvalue weighted by Gasteiger charge is -2.33. The number of aryl methyl sites for hydroxylation is 2. The van der Waals surface area contributed by atoms with Crippen molar-refractivity contribution in [2.45, 2.75) is 46.7 Å². The Morgan fingerprint density at radius 1 is 1.06 bits per heavy atom. The number of carbonyl (C=O) groups is 2. The number of likely N-dealkylation sites (N-methyl/N-ethyl adjacent to an activating group) is 1. The first kappa shape index (κ1) is 27.2. The Kier molecular flexibility index (Phi) is 9.49. The molecule has 186 valence electrons. The largest absolute Gasteiger partial charge is 0.495 e. The molecule has 0 spiro atoms. The van der Waals surface area contributed by atoms with Crippen LogP contribution in [0, 0.1) is 13.8 Å². The van der Waals surface area contributed by atoms with E-state index in [0.29, 0.717) is 18.7 Å². The number of rotatable bonds is 11. The molecule has 0 fully saturated rings. The minimum Gasteiger partial charge on any atom is -0.495 e. The van der Waals surface area contributed by atoms with Crippen LogP contribution < -0.4 is 14.4 Å². The quantitative estimate of drug-likeness (QED) is 0.523. The van der Waals surface area contributed by atoms with Gasteiger partial charge in [-0.3, -0.25) is 13.9 Å². The monoisotopic (exact) mass is 489 g/mol. The molecule has 34 heavy (non-hydrogen) atoms. The molecular weight excluding hydrogens is 454 g/mol. The maximum Gasteiger partial charge on any atom is 0.244 e. The fraction of sp³-hybridized carbons (Fsp3) is 0.440. The Morgan fingerprint density at radius 2 is 1.74 bits per heavy atom. The number of anilines is 1. The normalized spacial score (nSPS) is 12.1. The van der Waals surface area contributed by atoms with Crippen LogP contribution in [0.25, 0.3) is 0 Å². The van der Waals surface area contributed by atoms with E-state index in [-0.39, 0.29) is 18.1 Å². The molecule has 0 radical (unpaired) electrons. The number of benzene rings is 2. The fourth-order valence-electron chi connectivity index (χ4n) is 3.81. The lowest BCUT2D eigenvalue weighted by molar-refractivity contribution is -0.140. The lowest BCUT2D eigenvalue weighted by Crippen LogP contribution is -2.52. The molecule has 1 N–H and O–H groups in total. The Balaban J connectivity index is 2.51. The fourth-order valence-corrected chi connectivity index (χ4v) is 4.65. The van der Waals surface area contributed by atoms with E-state index in [2.05, 4.69) is 5.32 Å². The summed E-state index contributed by atoms with van der Waals surface area (Å²) in [5, 5.41) is 2.79. The summed E-state index contributed by atoms with van der Waals surface area (Å²) < 4.78 is 31.9. The Hall–Kier alpha value is -3.07. The zero-order valence-electron chi connectivity index (χ0n) is 20.8. The maximum atomic E-state index is 13.7. The van der Waals surface area contributed by atoms with Crippen LogP contribution in [-0.4, -0.2) is 57.6 Å². The number of sulfonamides is 1. The molecule has 1 atom stereocenters. The van der Waals surface area contributed by atoms with E-state index < -0.39 is 28.5 Å². The van der Waals surface area contributed by atoms with E-state index in [4.69, 9.17) is 4.74 Å². The van der Waals surface area contributed by atoms with Crippen molar-refractivity contribution < 1.29 is 22.7 Å². The van der Waals surface area contributed by atoms with Crippen molar-refractivity contribution in [1.29, 1.82) is 0 Å². The first-order chi connectivity index (χ1) is 16.0. The molecule has 2 rings (SSSR count). The van der Waals surface area contributed by atoms with E-state index in [9.17, 15) is 18.0 Å². The lowest BCUT2D eigenvalue weighted by atomic mass is 10.1. The van der Waals surface area contributed by atoms with E-state index in [0.717, 1.165) is 27.3 Å². The van der Waals surface area contributed by atoms with E-state index in [1.807, 2.05) is 52.0 Å². The van der Waals surface area contributed by atoms with Crippen molar-refractivity contribution in [1.82, 2.24) is 10.2 Å². The highest BCUT2D eigenvalue weighted by Gasteiger charge is 2.32. The highest BCUT2D eigenvalue weighted by Crippen LogP contribution is 2.31. The van der Waals surface area contributed by atoms with Gasteiger partial charge in [0.2, 0.25) is 21.8 Å². The molecule has 0 aliphatic rings. The summed E-state index contributed by atoms with van der Waals surface area (Å²) in [6.07, 6.45) is 1.43. The number of carbonyl (C=O) groups excluding carboxylic acids is 2. The van der Waals surface area contributed by atoms with Gasteiger partial charge in [-0.05, 0) is 50.5 Å². The molecule has 0 bridgehead atoms. The topological polar surface area (TPSA) is 96.0 Å². The van der Waals surface area contributed by atoms with Crippen LogP contribution in [0.3, 0.4) is 0 Å². The van der Waals surface area contributed by atoms with Gasteiger partial charge in [0, 0.05) is 13.1 Å². The van der Waals surface area contributed by atoms with Crippen LogP contribution >= 0.6 is 0 Å². The zero-order valence-corrected chi connectivity index (χ0v) is 21.6. The average molecular weight is 490 g/mol. The predicted molar refractivity (Wildman–Crippen MR) is 134 cm³/mol. The minimum atomic E-state index is -3.83. The molecule has 9 heteroatoms. The van der Waals surface area contributed by atoms with Crippen molar-refractivity contribution in [3.8, 4) is 5.75 Å². The van der Waals surface area contributed by atoms with Crippen molar-refractivity contribution >= 4 is 27.5 Å². The molecule has 8 nitrogen and oxygen atoms in total. The number of hydrogen-bond donors (Lipinski definition) is 1. The van der Waals surface area contributed by atoms with Crippen molar-refractivity contribution in [2.75, 3.05) is 30.8 Å². The summed E-state index contributed by atoms with van der Waals surface area (Å²) >= 11 is 0. The van der Waals surface area contributed by atoms with Crippen molar-refractivity contribution in [2.24, 2.45) is 0 Å². The molecular formula is C25H35N3O5S. The van der Waals surface area contributed by atoms with E-state index >= 15 is 0 Å².